The summed E-state index contributed by atoms with van der Waals surface area (Å²) in [7, 11) is 0. The maximum absolute atomic E-state index is 13.3. The lowest BCUT2D eigenvalue weighted by Crippen LogP contribution is -2.35. The summed E-state index contributed by atoms with van der Waals surface area (Å²) in [5, 5.41) is 0.0144. The number of ether oxygens (including phenoxy) is 1. The Morgan fingerprint density at radius 1 is 1.19 bits per heavy atom. The molecule has 6 heteroatoms. The van der Waals surface area contributed by atoms with Gasteiger partial charge in [0.1, 0.15) is 5.82 Å². The molecule has 140 valence electrons. The number of rotatable bonds is 6. The summed E-state index contributed by atoms with van der Waals surface area (Å²) in [6, 6.07) is 5.86. The van der Waals surface area contributed by atoms with E-state index in [0.717, 1.165) is 0 Å². The number of esters is 1. The summed E-state index contributed by atoms with van der Waals surface area (Å²) in [5.41, 5.74) is 2.19. The molecule has 0 N–H and O–H groups in total. The Morgan fingerprint density at radius 2 is 1.85 bits per heavy atom. The third kappa shape index (κ3) is 4.23. The zero-order valence-corrected chi connectivity index (χ0v) is 16.4. The highest BCUT2D eigenvalue weighted by molar-refractivity contribution is 8.13. The van der Waals surface area contributed by atoms with Crippen molar-refractivity contribution in [3.8, 4) is 0 Å². The third-order valence-corrected chi connectivity index (χ3v) is 5.19. The number of nitrogens with zero attached hydrogens (tertiary/aromatic N) is 1. The number of aliphatic imine (C=N–C) groups is 1. The minimum absolute atomic E-state index is 0.0144. The summed E-state index contributed by atoms with van der Waals surface area (Å²) in [6.45, 7) is 7.66. The average molecular weight is 377 g/mol. The van der Waals surface area contributed by atoms with Crippen LogP contribution in [0.4, 0.5) is 4.39 Å². The van der Waals surface area contributed by atoms with E-state index in [0.29, 0.717) is 34.7 Å². The second-order valence-corrected chi connectivity index (χ2v) is 7.26. The normalized spacial score (nSPS) is 20.0. The van der Waals surface area contributed by atoms with Crippen LogP contribution in [-0.4, -0.2) is 29.2 Å². The highest BCUT2D eigenvalue weighted by Gasteiger charge is 2.40. The van der Waals surface area contributed by atoms with Crippen molar-refractivity contribution in [1.82, 2.24) is 0 Å². The second kappa shape index (κ2) is 9.12. The van der Waals surface area contributed by atoms with Crippen molar-refractivity contribution < 1.29 is 18.7 Å². The molecule has 0 saturated carbocycles. The van der Waals surface area contributed by atoms with Crippen molar-refractivity contribution in [2.45, 2.75) is 34.1 Å². The van der Waals surface area contributed by atoms with Crippen LogP contribution in [-0.2, 0) is 14.3 Å². The standard InChI is InChI=1S/C20H24FNO3S/c1-5-15-16(20(24)26-7-3)12(4)22-18(17(15)19(23)25-6-2)13-8-10-14(21)11-9-13/h8-11,15-16H,5-7H2,1-4H3. The minimum Gasteiger partial charge on any atom is -0.463 e. The van der Waals surface area contributed by atoms with Gasteiger partial charge in [0.2, 0.25) is 0 Å². The summed E-state index contributed by atoms with van der Waals surface area (Å²) < 4.78 is 18.6. The van der Waals surface area contributed by atoms with Crippen molar-refractivity contribution in [1.29, 1.82) is 0 Å². The van der Waals surface area contributed by atoms with Crippen LogP contribution in [0.15, 0.2) is 34.8 Å². The Morgan fingerprint density at radius 3 is 2.38 bits per heavy atom. The quantitative estimate of drug-likeness (QED) is 0.685. The van der Waals surface area contributed by atoms with E-state index in [2.05, 4.69) is 4.99 Å². The van der Waals surface area contributed by atoms with Gasteiger partial charge in [-0.15, -0.1) is 0 Å². The molecule has 0 radical (unpaired) electrons. The monoisotopic (exact) mass is 377 g/mol. The molecule has 0 aliphatic carbocycles. The van der Waals surface area contributed by atoms with E-state index in [4.69, 9.17) is 4.74 Å². The number of benzene rings is 1. The molecule has 1 heterocycles. The van der Waals surface area contributed by atoms with Gasteiger partial charge in [-0.1, -0.05) is 25.6 Å². The van der Waals surface area contributed by atoms with Crippen molar-refractivity contribution in [2.75, 3.05) is 12.4 Å². The number of hydrogen-bond acceptors (Lipinski definition) is 5. The van der Waals surface area contributed by atoms with E-state index in [1.807, 2.05) is 20.8 Å². The van der Waals surface area contributed by atoms with Crippen LogP contribution in [0.1, 0.15) is 39.7 Å². The molecule has 2 atom stereocenters. The van der Waals surface area contributed by atoms with Crippen LogP contribution < -0.4 is 0 Å². The number of carbonyl (C=O) groups is 2. The van der Waals surface area contributed by atoms with E-state index < -0.39 is 11.9 Å². The minimum atomic E-state index is -0.464. The highest BCUT2D eigenvalue weighted by atomic mass is 32.2. The van der Waals surface area contributed by atoms with Crippen LogP contribution in [0.5, 0.6) is 0 Å². The third-order valence-electron chi connectivity index (χ3n) is 4.36. The highest BCUT2D eigenvalue weighted by Crippen LogP contribution is 2.40. The molecule has 1 aromatic rings. The van der Waals surface area contributed by atoms with Gasteiger partial charge in [-0.2, -0.15) is 0 Å². The van der Waals surface area contributed by atoms with Crippen LogP contribution in [0.25, 0.3) is 5.70 Å². The summed E-state index contributed by atoms with van der Waals surface area (Å²) >= 11 is 1.24. The predicted octanol–water partition coefficient (Wildman–Crippen LogP) is 4.50. The number of halogens is 1. The molecule has 1 aliphatic rings. The number of carbonyl (C=O) groups excluding carboxylic acids is 2. The van der Waals surface area contributed by atoms with E-state index >= 15 is 0 Å². The Balaban J connectivity index is 2.62. The lowest BCUT2D eigenvalue weighted by molar-refractivity contribution is -0.139. The molecule has 0 saturated heterocycles. The fourth-order valence-electron chi connectivity index (χ4n) is 3.23. The molecule has 26 heavy (non-hydrogen) atoms. The topological polar surface area (TPSA) is 55.7 Å². The van der Waals surface area contributed by atoms with E-state index in [1.165, 1.54) is 23.9 Å². The first kappa shape index (κ1) is 20.4. The lowest BCUT2D eigenvalue weighted by atomic mass is 9.78. The fraction of sp³-hybridized carbons (Fsp3) is 0.450. The molecule has 1 aliphatic heterocycles. The molecule has 0 amide bonds. The Hall–Kier alpha value is -1.95. The van der Waals surface area contributed by atoms with Gasteiger partial charge < -0.3 is 4.74 Å². The maximum atomic E-state index is 13.3. The van der Waals surface area contributed by atoms with Gasteiger partial charge in [-0.05, 0) is 50.3 Å². The van der Waals surface area contributed by atoms with Gasteiger partial charge in [0, 0.05) is 17.2 Å². The Kier molecular flexibility index (Phi) is 7.14. The first-order chi connectivity index (χ1) is 12.4. The molecule has 1 aromatic carbocycles. The van der Waals surface area contributed by atoms with Gasteiger partial charge in [0.15, 0.2) is 5.12 Å². The van der Waals surface area contributed by atoms with Crippen molar-refractivity contribution in [2.24, 2.45) is 16.8 Å². The SMILES string of the molecule is CCOC(=O)C1=C(c2ccc(F)cc2)N=C(C)C(C(=O)SCC)C1CC. The fourth-order valence-corrected chi connectivity index (χ4v) is 4.03. The van der Waals surface area contributed by atoms with Crippen LogP contribution >= 0.6 is 11.8 Å². The molecule has 0 bridgehead atoms. The van der Waals surface area contributed by atoms with Crippen LogP contribution in [0.2, 0.25) is 0 Å². The average Bonchev–Trinajstić information content (AvgIpc) is 2.61. The Bertz CT molecular complexity index is 740. The van der Waals surface area contributed by atoms with Gasteiger partial charge in [-0.3, -0.25) is 9.79 Å². The van der Waals surface area contributed by atoms with E-state index in [-0.39, 0.29) is 23.5 Å². The summed E-state index contributed by atoms with van der Waals surface area (Å²) in [4.78, 5) is 29.9. The number of hydrogen-bond donors (Lipinski definition) is 0. The lowest BCUT2D eigenvalue weighted by Gasteiger charge is -2.31. The molecule has 0 spiro atoms. The van der Waals surface area contributed by atoms with Gasteiger partial charge in [0.25, 0.3) is 0 Å². The van der Waals surface area contributed by atoms with Gasteiger partial charge >= 0.3 is 5.97 Å². The predicted molar refractivity (Wildman–Crippen MR) is 103 cm³/mol. The van der Waals surface area contributed by atoms with E-state index in [9.17, 15) is 14.0 Å². The smallest absolute Gasteiger partial charge is 0.336 e. The first-order valence-electron chi connectivity index (χ1n) is 8.83. The largest absolute Gasteiger partial charge is 0.463 e. The molecule has 2 unspecified atom stereocenters. The van der Waals surface area contributed by atoms with E-state index in [1.54, 1.807) is 19.1 Å². The summed E-state index contributed by atoms with van der Waals surface area (Å²) in [5.74, 6) is -0.911. The zero-order valence-electron chi connectivity index (χ0n) is 15.5. The van der Waals surface area contributed by atoms with Crippen molar-refractivity contribution in [3.63, 3.8) is 0 Å². The molecule has 2 rings (SSSR count). The molecule has 0 aromatic heterocycles. The van der Waals surface area contributed by atoms with Gasteiger partial charge in [-0.25, -0.2) is 9.18 Å². The zero-order chi connectivity index (χ0) is 19.3. The van der Waals surface area contributed by atoms with Crippen LogP contribution in [0.3, 0.4) is 0 Å². The van der Waals surface area contributed by atoms with Crippen molar-refractivity contribution >= 4 is 34.3 Å². The molecule has 0 fully saturated rings. The molecule has 4 nitrogen and oxygen atoms in total. The second-order valence-electron chi connectivity index (χ2n) is 5.99. The number of thioether (sulfide) groups is 1. The van der Waals surface area contributed by atoms with Gasteiger partial charge in [0.05, 0.1) is 23.8 Å². The Labute approximate surface area is 157 Å². The maximum Gasteiger partial charge on any atom is 0.336 e. The molecular weight excluding hydrogens is 353 g/mol. The first-order valence-corrected chi connectivity index (χ1v) is 9.82. The molecular formula is C20H24FNO3S. The van der Waals surface area contributed by atoms with Crippen molar-refractivity contribution in [3.05, 3.63) is 41.2 Å². The van der Waals surface area contributed by atoms with Crippen LogP contribution in [0, 0.1) is 17.7 Å². The summed E-state index contributed by atoms with van der Waals surface area (Å²) in [6.07, 6.45) is 0.604.